The second-order valence-corrected chi connectivity index (χ2v) is 6.39. The lowest BCUT2D eigenvalue weighted by atomic mass is 9.86. The third-order valence-electron chi connectivity index (χ3n) is 4.15. The number of nitrogens with two attached hydrogens (primary N) is 1. The van der Waals surface area contributed by atoms with Crippen molar-refractivity contribution in [2.24, 2.45) is 10.7 Å². The minimum Gasteiger partial charge on any atom is -0.369 e. The van der Waals surface area contributed by atoms with Gasteiger partial charge >= 0.3 is 0 Å². The Hall–Kier alpha value is -2.08. The highest BCUT2D eigenvalue weighted by atomic mass is 32.2. The molecule has 5 nitrogen and oxygen atoms in total. The fourth-order valence-electron chi connectivity index (χ4n) is 2.58. The van der Waals surface area contributed by atoms with E-state index in [-0.39, 0.29) is 11.9 Å². The summed E-state index contributed by atoms with van der Waals surface area (Å²) in [7, 11) is 1.63. The molecule has 0 aromatic carbocycles. The van der Waals surface area contributed by atoms with Crippen LogP contribution in [0.4, 0.5) is 0 Å². The standard InChI is InChI=1S/C17H22N4OS/c1-6-17(15(22)21(4)16(18)20-17)12(3)7-11(2)13-8-14(23-5)10-19-9-13/h7-10H,3,6H2,1-2,4-5H3,(H2,18,20)/b11-7+. The highest BCUT2D eigenvalue weighted by Crippen LogP contribution is 2.34. The predicted molar refractivity (Wildman–Crippen MR) is 96.2 cm³/mol. The summed E-state index contributed by atoms with van der Waals surface area (Å²) in [5.41, 5.74) is 7.45. The molecular formula is C17H22N4OS. The molecule has 1 aliphatic rings. The molecule has 1 aromatic heterocycles. The van der Waals surface area contributed by atoms with Crippen molar-refractivity contribution in [3.05, 3.63) is 42.3 Å². The van der Waals surface area contributed by atoms with Gasteiger partial charge in [-0.1, -0.05) is 19.6 Å². The number of guanidine groups is 1. The lowest BCUT2D eigenvalue weighted by Gasteiger charge is -2.24. The number of likely N-dealkylation sites (N-methyl/N-ethyl adjacent to an activating group) is 1. The first kappa shape index (κ1) is 17.3. The highest BCUT2D eigenvalue weighted by Gasteiger charge is 2.46. The van der Waals surface area contributed by atoms with Gasteiger partial charge < -0.3 is 5.73 Å². The van der Waals surface area contributed by atoms with E-state index in [0.29, 0.717) is 12.0 Å². The van der Waals surface area contributed by atoms with E-state index in [4.69, 9.17) is 5.73 Å². The summed E-state index contributed by atoms with van der Waals surface area (Å²) in [6.45, 7) is 7.99. The summed E-state index contributed by atoms with van der Waals surface area (Å²) in [4.78, 5) is 23.7. The van der Waals surface area contributed by atoms with Gasteiger partial charge in [0.1, 0.15) is 0 Å². The summed E-state index contributed by atoms with van der Waals surface area (Å²) >= 11 is 1.64. The minimum absolute atomic E-state index is 0.137. The van der Waals surface area contributed by atoms with Crippen LogP contribution in [0.1, 0.15) is 25.8 Å². The fourth-order valence-corrected chi connectivity index (χ4v) is 2.99. The minimum atomic E-state index is -0.995. The molecule has 0 saturated carbocycles. The molecule has 0 fully saturated rings. The van der Waals surface area contributed by atoms with Crippen LogP contribution >= 0.6 is 11.8 Å². The third-order valence-corrected chi connectivity index (χ3v) is 4.84. The SMILES string of the molecule is C=C(/C=C(\C)c1cncc(SC)c1)C1(CC)N=C(N)N(C)C1=O. The quantitative estimate of drug-likeness (QED) is 0.665. The maximum Gasteiger partial charge on any atom is 0.261 e. The first-order chi connectivity index (χ1) is 10.9. The van der Waals surface area contributed by atoms with E-state index in [2.05, 4.69) is 22.6 Å². The molecule has 1 amide bonds. The maximum atomic E-state index is 12.6. The Kier molecular flexibility index (Phi) is 4.94. The number of allylic oxidation sites excluding steroid dienone is 1. The number of aromatic nitrogens is 1. The first-order valence-electron chi connectivity index (χ1n) is 7.36. The summed E-state index contributed by atoms with van der Waals surface area (Å²) in [6, 6.07) is 2.07. The fraction of sp³-hybridized carbons (Fsp3) is 0.353. The van der Waals surface area contributed by atoms with Gasteiger partial charge in [-0.3, -0.25) is 14.7 Å². The van der Waals surface area contributed by atoms with Crippen molar-refractivity contribution < 1.29 is 4.79 Å². The Morgan fingerprint density at radius 3 is 2.74 bits per heavy atom. The predicted octanol–water partition coefficient (Wildman–Crippen LogP) is 2.70. The number of carbonyl (C=O) groups is 1. The van der Waals surface area contributed by atoms with Crippen LogP contribution in [0, 0.1) is 0 Å². The molecule has 1 unspecified atom stereocenters. The molecule has 23 heavy (non-hydrogen) atoms. The van der Waals surface area contributed by atoms with E-state index in [9.17, 15) is 4.79 Å². The average Bonchev–Trinajstić information content (AvgIpc) is 2.79. The molecule has 6 heteroatoms. The second-order valence-electron chi connectivity index (χ2n) is 5.51. The van der Waals surface area contributed by atoms with E-state index in [1.807, 2.05) is 32.4 Å². The Labute approximate surface area is 141 Å². The van der Waals surface area contributed by atoms with Crippen molar-refractivity contribution in [2.75, 3.05) is 13.3 Å². The molecule has 0 saturated heterocycles. The Morgan fingerprint density at radius 2 is 2.22 bits per heavy atom. The van der Waals surface area contributed by atoms with Gasteiger partial charge in [-0.15, -0.1) is 11.8 Å². The molecule has 122 valence electrons. The molecule has 0 radical (unpaired) electrons. The van der Waals surface area contributed by atoms with Crippen LogP contribution in [-0.2, 0) is 4.79 Å². The molecule has 1 atom stereocenters. The van der Waals surface area contributed by atoms with Crippen LogP contribution in [0.25, 0.3) is 5.57 Å². The second kappa shape index (κ2) is 6.58. The normalized spacial score (nSPS) is 21.6. The van der Waals surface area contributed by atoms with Crippen LogP contribution in [0.2, 0.25) is 0 Å². The van der Waals surface area contributed by atoms with Crippen LogP contribution in [0.5, 0.6) is 0 Å². The van der Waals surface area contributed by atoms with Gasteiger partial charge in [-0.25, -0.2) is 4.99 Å². The van der Waals surface area contributed by atoms with Crippen molar-refractivity contribution in [1.29, 1.82) is 0 Å². The van der Waals surface area contributed by atoms with Crippen molar-refractivity contribution in [1.82, 2.24) is 9.88 Å². The summed E-state index contributed by atoms with van der Waals surface area (Å²) in [6.07, 6.45) is 8.05. The van der Waals surface area contributed by atoms with E-state index < -0.39 is 5.54 Å². The van der Waals surface area contributed by atoms with Gasteiger partial charge in [0, 0.05) is 24.3 Å². The monoisotopic (exact) mass is 330 g/mol. The molecule has 0 bridgehead atoms. The topological polar surface area (TPSA) is 71.6 Å². The highest BCUT2D eigenvalue weighted by molar-refractivity contribution is 7.98. The zero-order chi connectivity index (χ0) is 17.2. The number of rotatable bonds is 5. The van der Waals surface area contributed by atoms with Gasteiger partial charge in [0.2, 0.25) is 0 Å². The van der Waals surface area contributed by atoms with Gasteiger partial charge in [-0.05, 0) is 42.4 Å². The summed E-state index contributed by atoms with van der Waals surface area (Å²) in [5, 5.41) is 0. The van der Waals surface area contributed by atoms with E-state index in [1.54, 1.807) is 25.0 Å². The zero-order valence-corrected chi connectivity index (χ0v) is 14.8. The number of nitrogens with zero attached hydrogens (tertiary/aromatic N) is 3. The molecule has 2 rings (SSSR count). The van der Waals surface area contributed by atoms with Gasteiger partial charge in [0.15, 0.2) is 11.5 Å². The number of amides is 1. The molecular weight excluding hydrogens is 308 g/mol. The van der Waals surface area contributed by atoms with Crippen molar-refractivity contribution in [2.45, 2.75) is 30.7 Å². The van der Waals surface area contributed by atoms with Crippen molar-refractivity contribution in [3.8, 4) is 0 Å². The number of carbonyl (C=O) groups excluding carboxylic acids is 1. The zero-order valence-electron chi connectivity index (χ0n) is 14.0. The van der Waals surface area contributed by atoms with Crippen LogP contribution in [-0.4, -0.2) is 40.6 Å². The Bertz CT molecular complexity index is 710. The number of pyridine rings is 1. The molecule has 0 aliphatic carbocycles. The molecule has 0 spiro atoms. The molecule has 1 aromatic rings. The number of hydrogen-bond donors (Lipinski definition) is 1. The van der Waals surface area contributed by atoms with E-state index >= 15 is 0 Å². The van der Waals surface area contributed by atoms with Crippen LogP contribution in [0.15, 0.2) is 46.6 Å². The number of aliphatic imine (C=N–C) groups is 1. The summed E-state index contributed by atoms with van der Waals surface area (Å²) < 4.78 is 0. The van der Waals surface area contributed by atoms with Crippen molar-refractivity contribution >= 4 is 29.2 Å². The van der Waals surface area contributed by atoms with E-state index in [0.717, 1.165) is 16.0 Å². The number of hydrogen-bond acceptors (Lipinski definition) is 5. The summed E-state index contributed by atoms with van der Waals surface area (Å²) in [5.74, 6) is 0.0950. The van der Waals surface area contributed by atoms with Crippen molar-refractivity contribution in [3.63, 3.8) is 0 Å². The average molecular weight is 330 g/mol. The molecule has 2 heterocycles. The maximum absolute atomic E-state index is 12.6. The van der Waals surface area contributed by atoms with Crippen LogP contribution < -0.4 is 5.73 Å². The Balaban J connectivity index is 2.37. The molecule has 1 aliphatic heterocycles. The van der Waals surface area contributed by atoms with Crippen LogP contribution in [0.3, 0.4) is 0 Å². The number of thioether (sulfide) groups is 1. The Morgan fingerprint density at radius 1 is 1.52 bits per heavy atom. The lowest BCUT2D eigenvalue weighted by Crippen LogP contribution is -2.42. The largest absolute Gasteiger partial charge is 0.369 e. The lowest BCUT2D eigenvalue weighted by molar-refractivity contribution is -0.129. The van der Waals surface area contributed by atoms with Gasteiger partial charge in [0.25, 0.3) is 5.91 Å². The van der Waals surface area contributed by atoms with E-state index in [1.165, 1.54) is 4.90 Å². The van der Waals surface area contributed by atoms with Gasteiger partial charge in [-0.2, -0.15) is 0 Å². The molecule has 2 N–H and O–H groups in total. The third kappa shape index (κ3) is 3.03. The van der Waals surface area contributed by atoms with Gasteiger partial charge in [0.05, 0.1) is 0 Å². The first-order valence-corrected chi connectivity index (χ1v) is 8.58. The smallest absolute Gasteiger partial charge is 0.261 e.